The Kier molecular flexibility index (Phi) is 6.57. The molecule has 0 radical (unpaired) electrons. The monoisotopic (exact) mass is 773 g/mol. The summed E-state index contributed by atoms with van der Waals surface area (Å²) in [5, 5.41) is 16.6. The van der Waals surface area contributed by atoms with E-state index in [1.165, 1.54) is 120 Å². The van der Waals surface area contributed by atoms with Crippen molar-refractivity contribution in [3.63, 3.8) is 0 Å². The highest BCUT2D eigenvalue weighted by atomic mass is 15.3. The van der Waals surface area contributed by atoms with E-state index in [2.05, 4.69) is 222 Å². The lowest BCUT2D eigenvalue weighted by atomic mass is 9.33. The average Bonchev–Trinajstić information content (AvgIpc) is 3.62. The van der Waals surface area contributed by atoms with Crippen LogP contribution >= 0.6 is 0 Å². The maximum Gasteiger partial charge on any atom is 0.255 e. The van der Waals surface area contributed by atoms with Gasteiger partial charge in [0.15, 0.2) is 0 Å². The number of para-hydroxylation sites is 2. The van der Waals surface area contributed by atoms with Crippen LogP contribution in [0.15, 0.2) is 200 Å². The molecular weight excluding hydrogens is 737 g/mol. The standard InChI is InChI=1S/C57H36BN3/c1-59-49-27-12-10-24-46(49)55-57(59)61(51-29-14-25-45-41-20-6-4-19-39(41)40-21-8-9-23-44(40)54(45)51)53-31-15-30-52-56(53)58(55)48-26-11-13-28-50(48)60(52)35-32-33-43-38-18-3-2-16-36(38)37-17-5-7-22-42(37)47(43)34-35/h2-34H,1H3. The van der Waals surface area contributed by atoms with Gasteiger partial charge in [-0.2, -0.15) is 0 Å². The zero-order chi connectivity index (χ0) is 39.9. The highest BCUT2D eigenvalue weighted by Gasteiger charge is 2.45. The molecule has 282 valence electrons. The maximum atomic E-state index is 2.60. The van der Waals surface area contributed by atoms with Gasteiger partial charge in [0.1, 0.15) is 5.82 Å². The molecule has 3 heterocycles. The Labute approximate surface area is 353 Å². The van der Waals surface area contributed by atoms with Crippen molar-refractivity contribution < 1.29 is 0 Å². The summed E-state index contributed by atoms with van der Waals surface area (Å²) < 4.78 is 2.44. The quantitative estimate of drug-likeness (QED) is 0.128. The van der Waals surface area contributed by atoms with E-state index in [1.54, 1.807) is 0 Å². The van der Waals surface area contributed by atoms with Crippen molar-refractivity contribution in [1.29, 1.82) is 0 Å². The number of aromatic nitrogens is 1. The van der Waals surface area contributed by atoms with Crippen molar-refractivity contribution in [1.82, 2.24) is 4.57 Å². The van der Waals surface area contributed by atoms with Crippen molar-refractivity contribution in [3.05, 3.63) is 200 Å². The van der Waals surface area contributed by atoms with Gasteiger partial charge in [-0.15, -0.1) is 0 Å². The number of benzene rings is 11. The number of fused-ring (bicyclic) bond motifs is 18. The largest absolute Gasteiger partial charge is 0.330 e. The highest BCUT2D eigenvalue weighted by molar-refractivity contribution is 7.01. The fraction of sp³-hybridized carbons (Fsp3) is 0.0175. The molecule has 0 unspecified atom stereocenters. The summed E-state index contributed by atoms with van der Waals surface area (Å²) >= 11 is 0. The van der Waals surface area contributed by atoms with Gasteiger partial charge in [0.2, 0.25) is 0 Å². The molecule has 0 aliphatic carbocycles. The van der Waals surface area contributed by atoms with Crippen LogP contribution in [0, 0.1) is 0 Å². The Hall–Kier alpha value is -7.82. The Morgan fingerprint density at radius 3 is 1.43 bits per heavy atom. The lowest BCUT2D eigenvalue weighted by molar-refractivity contribution is 0.952. The Bertz CT molecular complexity index is 3800. The number of aryl methyl sites for hydroxylation is 1. The molecule has 0 saturated heterocycles. The topological polar surface area (TPSA) is 11.4 Å². The third kappa shape index (κ3) is 4.28. The van der Waals surface area contributed by atoms with E-state index in [-0.39, 0.29) is 6.71 Å². The molecule has 0 spiro atoms. The third-order valence-corrected chi connectivity index (χ3v) is 13.9. The molecule has 3 nitrogen and oxygen atoms in total. The lowest BCUT2D eigenvalue weighted by Crippen LogP contribution is -2.61. The summed E-state index contributed by atoms with van der Waals surface area (Å²) in [4.78, 5) is 5.13. The van der Waals surface area contributed by atoms with E-state index in [4.69, 9.17) is 0 Å². The number of hydrogen-bond donors (Lipinski definition) is 0. The van der Waals surface area contributed by atoms with Crippen molar-refractivity contribution >= 4 is 133 Å². The molecule has 0 atom stereocenters. The summed E-state index contributed by atoms with van der Waals surface area (Å²) in [5.74, 6) is 1.22. The van der Waals surface area contributed by atoms with Gasteiger partial charge in [-0.25, -0.2) is 0 Å². The summed E-state index contributed by atoms with van der Waals surface area (Å²) in [6.07, 6.45) is 0. The van der Waals surface area contributed by atoms with Crippen molar-refractivity contribution in [2.75, 3.05) is 9.80 Å². The average molecular weight is 774 g/mol. The van der Waals surface area contributed by atoms with E-state index in [9.17, 15) is 0 Å². The number of nitrogens with zero attached hydrogens (tertiary/aromatic N) is 3. The van der Waals surface area contributed by atoms with E-state index in [1.807, 2.05) is 0 Å². The molecule has 0 amide bonds. The molecule has 0 N–H and O–H groups in total. The maximum absolute atomic E-state index is 2.60. The first-order valence-electron chi connectivity index (χ1n) is 21.3. The molecule has 1 aromatic heterocycles. The lowest BCUT2D eigenvalue weighted by Gasteiger charge is -2.43. The van der Waals surface area contributed by atoms with Crippen LogP contribution in [0.3, 0.4) is 0 Å². The summed E-state index contributed by atoms with van der Waals surface area (Å²) in [6, 6.07) is 74.8. The van der Waals surface area contributed by atoms with E-state index < -0.39 is 0 Å². The molecule has 2 aliphatic heterocycles. The Morgan fingerprint density at radius 1 is 0.328 bits per heavy atom. The fourth-order valence-corrected chi connectivity index (χ4v) is 11.5. The van der Waals surface area contributed by atoms with Crippen molar-refractivity contribution in [2.45, 2.75) is 0 Å². The number of anilines is 6. The first kappa shape index (κ1) is 33.1. The molecule has 11 aromatic carbocycles. The second kappa shape index (κ2) is 12.1. The normalized spacial score (nSPS) is 13.2. The highest BCUT2D eigenvalue weighted by Crippen LogP contribution is 2.49. The van der Waals surface area contributed by atoms with Crippen LogP contribution in [0.2, 0.25) is 0 Å². The minimum atomic E-state index is 0.0220. The van der Waals surface area contributed by atoms with Crippen LogP contribution in [0.5, 0.6) is 0 Å². The van der Waals surface area contributed by atoms with Crippen LogP contribution in [-0.4, -0.2) is 11.3 Å². The fourth-order valence-electron chi connectivity index (χ4n) is 11.5. The predicted molar refractivity (Wildman–Crippen MR) is 262 cm³/mol. The number of hydrogen-bond acceptors (Lipinski definition) is 2. The van der Waals surface area contributed by atoms with Gasteiger partial charge in [0.25, 0.3) is 6.71 Å². The minimum Gasteiger partial charge on any atom is -0.330 e. The van der Waals surface area contributed by atoms with E-state index in [0.29, 0.717) is 0 Å². The Morgan fingerprint density at radius 2 is 0.770 bits per heavy atom. The molecule has 0 bridgehead atoms. The first-order chi connectivity index (χ1) is 30.2. The zero-order valence-electron chi connectivity index (χ0n) is 33.5. The van der Waals surface area contributed by atoms with Crippen molar-refractivity contribution in [3.8, 4) is 0 Å². The smallest absolute Gasteiger partial charge is 0.255 e. The van der Waals surface area contributed by atoms with Gasteiger partial charge in [-0.3, -0.25) is 4.90 Å². The van der Waals surface area contributed by atoms with Gasteiger partial charge in [0, 0.05) is 40.7 Å². The van der Waals surface area contributed by atoms with Crippen LogP contribution in [0.1, 0.15) is 0 Å². The third-order valence-electron chi connectivity index (χ3n) is 13.9. The molecule has 0 fully saturated rings. The summed E-state index contributed by atoms with van der Waals surface area (Å²) in [6.45, 7) is 0.0220. The zero-order valence-corrected chi connectivity index (χ0v) is 33.5. The van der Waals surface area contributed by atoms with Gasteiger partial charge >= 0.3 is 0 Å². The minimum absolute atomic E-state index is 0.0220. The van der Waals surface area contributed by atoms with E-state index in [0.717, 1.165) is 5.69 Å². The van der Waals surface area contributed by atoms with Crippen LogP contribution in [-0.2, 0) is 7.05 Å². The second-order valence-corrected chi connectivity index (χ2v) is 16.8. The van der Waals surface area contributed by atoms with Gasteiger partial charge < -0.3 is 9.47 Å². The number of rotatable bonds is 2. The van der Waals surface area contributed by atoms with Crippen molar-refractivity contribution in [2.24, 2.45) is 7.05 Å². The van der Waals surface area contributed by atoms with Crippen LogP contribution < -0.4 is 26.2 Å². The predicted octanol–water partition coefficient (Wildman–Crippen LogP) is 13.2. The summed E-state index contributed by atoms with van der Waals surface area (Å²) in [5.41, 5.74) is 11.2. The molecular formula is C57H36BN3. The molecule has 0 saturated carbocycles. The summed E-state index contributed by atoms with van der Waals surface area (Å²) in [7, 11) is 2.26. The van der Waals surface area contributed by atoms with Crippen LogP contribution in [0.25, 0.3) is 75.5 Å². The Balaban J connectivity index is 1.10. The molecule has 4 heteroatoms. The SMILES string of the molecule is Cn1c2c(c3ccccc31)B1c3ccccc3N(c3ccc4c5ccccc5c5ccccc5c4c3)c3cccc(c31)N2c1cccc2c3ccccc3c3ccccc3c12. The molecule has 2 aliphatic rings. The molecule has 12 aromatic rings. The van der Waals surface area contributed by atoms with Gasteiger partial charge in [-0.1, -0.05) is 158 Å². The molecule has 14 rings (SSSR count). The second-order valence-electron chi connectivity index (χ2n) is 16.8. The van der Waals surface area contributed by atoms with Gasteiger partial charge in [0.05, 0.1) is 5.69 Å². The van der Waals surface area contributed by atoms with Gasteiger partial charge in [-0.05, 0) is 123 Å². The molecule has 61 heavy (non-hydrogen) atoms. The van der Waals surface area contributed by atoms with Crippen LogP contribution in [0.4, 0.5) is 34.3 Å². The first-order valence-corrected chi connectivity index (χ1v) is 21.3. The van der Waals surface area contributed by atoms with E-state index >= 15 is 0 Å².